The first-order chi connectivity index (χ1) is 12.9. The van der Waals surface area contributed by atoms with E-state index in [0.717, 1.165) is 18.4 Å². The molecule has 0 atom stereocenters. The first-order valence-corrected chi connectivity index (χ1v) is 10.3. The number of benzene rings is 2. The first kappa shape index (κ1) is 17.5. The number of amides is 2. The Kier molecular flexibility index (Phi) is 4.31. The van der Waals surface area contributed by atoms with E-state index in [0.29, 0.717) is 35.1 Å². The second-order valence-electron chi connectivity index (χ2n) is 6.43. The van der Waals surface area contributed by atoms with Crippen LogP contribution in [0, 0.1) is 0 Å². The average molecular weight is 389 g/mol. The van der Waals surface area contributed by atoms with Crippen molar-refractivity contribution in [1.29, 1.82) is 0 Å². The fourth-order valence-electron chi connectivity index (χ4n) is 3.23. The summed E-state index contributed by atoms with van der Waals surface area (Å²) in [4.78, 5) is 12.3. The van der Waals surface area contributed by atoms with Crippen LogP contribution in [0.5, 0.6) is 11.5 Å². The molecule has 2 aliphatic rings. The molecule has 2 amide bonds. The third-order valence-electron chi connectivity index (χ3n) is 4.45. The molecule has 0 unspecified atom stereocenters. The number of anilines is 3. The molecule has 2 N–H and O–H groups in total. The lowest BCUT2D eigenvalue weighted by Crippen LogP contribution is -2.34. The quantitative estimate of drug-likeness (QED) is 0.841. The molecule has 2 aromatic carbocycles. The molecule has 0 aliphatic carbocycles. The molecular weight excluding hydrogens is 370 g/mol. The van der Waals surface area contributed by atoms with Gasteiger partial charge in [0.25, 0.3) is 0 Å². The number of sulfonamides is 1. The molecule has 2 heterocycles. The Balaban J connectivity index is 1.50. The number of nitrogens with zero attached hydrogens (tertiary/aromatic N) is 1. The van der Waals surface area contributed by atoms with Gasteiger partial charge in [0, 0.05) is 24.0 Å². The molecule has 9 heteroatoms. The topological polar surface area (TPSA) is 97.0 Å². The van der Waals surface area contributed by atoms with Gasteiger partial charge in [-0.25, -0.2) is 13.2 Å². The summed E-state index contributed by atoms with van der Waals surface area (Å²) in [7, 11) is -3.36. The van der Waals surface area contributed by atoms with Crippen molar-refractivity contribution in [2.75, 3.05) is 34.5 Å². The van der Waals surface area contributed by atoms with E-state index >= 15 is 0 Å². The number of rotatable bonds is 3. The highest BCUT2D eigenvalue weighted by molar-refractivity contribution is 7.92. The van der Waals surface area contributed by atoms with Gasteiger partial charge in [0.2, 0.25) is 16.8 Å². The van der Waals surface area contributed by atoms with Crippen LogP contribution in [0.1, 0.15) is 12.0 Å². The van der Waals surface area contributed by atoms with E-state index in [1.807, 2.05) is 6.07 Å². The van der Waals surface area contributed by atoms with Crippen molar-refractivity contribution in [2.24, 2.45) is 0 Å². The van der Waals surface area contributed by atoms with Crippen molar-refractivity contribution in [3.8, 4) is 11.5 Å². The number of carbonyl (C=O) groups is 1. The van der Waals surface area contributed by atoms with Crippen LogP contribution < -0.4 is 24.4 Å². The molecule has 0 radical (unpaired) electrons. The summed E-state index contributed by atoms with van der Waals surface area (Å²) in [5.41, 5.74) is 2.65. The first-order valence-electron chi connectivity index (χ1n) is 8.48. The predicted octanol–water partition coefficient (Wildman–Crippen LogP) is 2.77. The summed E-state index contributed by atoms with van der Waals surface area (Å²) in [6.45, 7) is 0.607. The number of nitrogens with one attached hydrogen (secondary N) is 2. The number of urea groups is 1. The molecule has 142 valence electrons. The van der Waals surface area contributed by atoms with Crippen LogP contribution >= 0.6 is 0 Å². The van der Waals surface area contributed by atoms with Gasteiger partial charge in [0.1, 0.15) is 0 Å². The molecular formula is C18H19N3O5S. The number of hydrogen-bond acceptors (Lipinski definition) is 5. The highest BCUT2D eigenvalue weighted by atomic mass is 32.2. The fraction of sp³-hybridized carbons (Fsp3) is 0.278. The van der Waals surface area contributed by atoms with Crippen LogP contribution in [-0.2, 0) is 16.4 Å². The van der Waals surface area contributed by atoms with Crippen molar-refractivity contribution in [2.45, 2.75) is 12.8 Å². The monoisotopic (exact) mass is 389 g/mol. The van der Waals surface area contributed by atoms with E-state index in [1.165, 1.54) is 10.6 Å². The van der Waals surface area contributed by atoms with Crippen LogP contribution in [0.4, 0.5) is 21.9 Å². The van der Waals surface area contributed by atoms with Gasteiger partial charge in [0.15, 0.2) is 11.5 Å². The summed E-state index contributed by atoms with van der Waals surface area (Å²) < 4.78 is 36.0. The zero-order chi connectivity index (χ0) is 19.0. The summed E-state index contributed by atoms with van der Waals surface area (Å²) in [5, 5.41) is 5.46. The molecule has 0 spiro atoms. The lowest BCUT2D eigenvalue weighted by molar-refractivity contribution is 0.174. The van der Waals surface area contributed by atoms with E-state index in [9.17, 15) is 13.2 Å². The minimum atomic E-state index is -3.36. The zero-order valence-electron chi connectivity index (χ0n) is 14.7. The molecule has 0 bridgehead atoms. The van der Waals surface area contributed by atoms with Gasteiger partial charge in [-0.2, -0.15) is 0 Å². The Morgan fingerprint density at radius 1 is 1.04 bits per heavy atom. The molecule has 27 heavy (non-hydrogen) atoms. The van der Waals surface area contributed by atoms with Gasteiger partial charge in [-0.05, 0) is 42.7 Å². The van der Waals surface area contributed by atoms with Gasteiger partial charge in [0.05, 0.1) is 11.9 Å². The zero-order valence-corrected chi connectivity index (χ0v) is 15.5. The smallest absolute Gasteiger partial charge is 0.323 e. The molecule has 0 saturated heterocycles. The standard InChI is InChI=1S/C18H19N3O5S/c1-27(23,24)21-8-2-3-12-4-5-13(9-15(12)21)19-18(22)20-14-6-7-16-17(10-14)26-11-25-16/h4-7,9-10H,2-3,8,11H2,1H3,(H2,19,20,22). The van der Waals surface area contributed by atoms with Crippen molar-refractivity contribution in [1.82, 2.24) is 0 Å². The van der Waals surface area contributed by atoms with E-state index < -0.39 is 16.1 Å². The van der Waals surface area contributed by atoms with Crippen molar-refractivity contribution in [3.05, 3.63) is 42.0 Å². The van der Waals surface area contributed by atoms with Crippen molar-refractivity contribution >= 4 is 33.1 Å². The number of fused-ring (bicyclic) bond motifs is 2. The van der Waals surface area contributed by atoms with Crippen LogP contribution in [0.3, 0.4) is 0 Å². The maximum atomic E-state index is 12.3. The Morgan fingerprint density at radius 3 is 2.52 bits per heavy atom. The van der Waals surface area contributed by atoms with Crippen LogP contribution in [-0.4, -0.2) is 34.0 Å². The number of aryl methyl sites for hydroxylation is 1. The Hall–Kier alpha value is -2.94. The molecule has 8 nitrogen and oxygen atoms in total. The maximum absolute atomic E-state index is 12.3. The van der Waals surface area contributed by atoms with Crippen molar-refractivity contribution < 1.29 is 22.7 Å². The second kappa shape index (κ2) is 6.66. The molecule has 0 saturated carbocycles. The van der Waals surface area contributed by atoms with Gasteiger partial charge >= 0.3 is 6.03 Å². The van der Waals surface area contributed by atoms with Crippen LogP contribution in [0.2, 0.25) is 0 Å². The summed E-state index contributed by atoms with van der Waals surface area (Å²) in [6.07, 6.45) is 2.77. The third kappa shape index (κ3) is 3.63. The number of ether oxygens (including phenoxy) is 2. The Labute approximate surface area is 157 Å². The van der Waals surface area contributed by atoms with E-state index in [1.54, 1.807) is 30.3 Å². The molecule has 0 fully saturated rings. The lowest BCUT2D eigenvalue weighted by Gasteiger charge is -2.29. The maximum Gasteiger partial charge on any atom is 0.323 e. The third-order valence-corrected chi connectivity index (χ3v) is 5.63. The summed E-state index contributed by atoms with van der Waals surface area (Å²) >= 11 is 0. The highest BCUT2D eigenvalue weighted by Crippen LogP contribution is 2.34. The van der Waals surface area contributed by atoms with Crippen LogP contribution in [0.15, 0.2) is 36.4 Å². The molecule has 4 rings (SSSR count). The normalized spacial score (nSPS) is 15.2. The van der Waals surface area contributed by atoms with Gasteiger partial charge < -0.3 is 20.1 Å². The van der Waals surface area contributed by atoms with Crippen LogP contribution in [0.25, 0.3) is 0 Å². The summed E-state index contributed by atoms with van der Waals surface area (Å²) in [5.74, 6) is 1.21. The number of carbonyl (C=O) groups excluding carboxylic acids is 1. The van der Waals surface area contributed by atoms with Gasteiger partial charge in [-0.15, -0.1) is 0 Å². The molecule has 0 aromatic heterocycles. The second-order valence-corrected chi connectivity index (χ2v) is 8.34. The largest absolute Gasteiger partial charge is 0.454 e. The minimum absolute atomic E-state index is 0.164. The Morgan fingerprint density at radius 2 is 1.74 bits per heavy atom. The van der Waals surface area contributed by atoms with E-state index in [-0.39, 0.29) is 6.79 Å². The lowest BCUT2D eigenvalue weighted by atomic mass is 10.0. The minimum Gasteiger partial charge on any atom is -0.454 e. The fourth-order valence-corrected chi connectivity index (χ4v) is 4.22. The average Bonchev–Trinajstić information content (AvgIpc) is 3.08. The molecule has 2 aromatic rings. The number of hydrogen-bond donors (Lipinski definition) is 2. The summed E-state index contributed by atoms with van der Waals surface area (Å²) in [6, 6.07) is 9.99. The van der Waals surface area contributed by atoms with Gasteiger partial charge in [-0.1, -0.05) is 6.07 Å². The highest BCUT2D eigenvalue weighted by Gasteiger charge is 2.24. The van der Waals surface area contributed by atoms with E-state index in [2.05, 4.69) is 10.6 Å². The van der Waals surface area contributed by atoms with Gasteiger partial charge in [-0.3, -0.25) is 4.31 Å². The SMILES string of the molecule is CS(=O)(=O)N1CCCc2ccc(NC(=O)Nc3ccc4c(c3)OCO4)cc21. The predicted molar refractivity (Wildman–Crippen MR) is 102 cm³/mol. The van der Waals surface area contributed by atoms with E-state index in [4.69, 9.17) is 9.47 Å². The molecule has 2 aliphatic heterocycles. The van der Waals surface area contributed by atoms with Crippen molar-refractivity contribution in [3.63, 3.8) is 0 Å². The Bertz CT molecular complexity index is 1010.